The second-order valence-electron chi connectivity index (χ2n) is 10.2. The molecule has 0 spiro atoms. The van der Waals surface area contributed by atoms with Crippen LogP contribution in [-0.2, 0) is 19.1 Å². The SMILES string of the molecule is COC[C@]12CCC(=O)C=C1C[C@@H](SC(C)=O)[C@@H]1[C@@H]2CC[C@]2(C)[C@@H](C(=O)CO)CC[C@@H]12. The Kier molecular flexibility index (Phi) is 6.06. The highest BCUT2D eigenvalue weighted by atomic mass is 32.2. The van der Waals surface area contributed by atoms with E-state index in [9.17, 15) is 19.5 Å². The van der Waals surface area contributed by atoms with Crippen LogP contribution in [0.25, 0.3) is 0 Å². The van der Waals surface area contributed by atoms with Gasteiger partial charge in [0, 0.05) is 37.0 Å². The molecule has 0 saturated heterocycles. The van der Waals surface area contributed by atoms with Gasteiger partial charge in [0.2, 0.25) is 0 Å². The zero-order chi connectivity index (χ0) is 21.7. The Morgan fingerprint density at radius 3 is 2.67 bits per heavy atom. The van der Waals surface area contributed by atoms with E-state index in [4.69, 9.17) is 4.74 Å². The quantitative estimate of drug-likeness (QED) is 0.712. The first-order valence-corrected chi connectivity index (χ1v) is 12.2. The van der Waals surface area contributed by atoms with Gasteiger partial charge in [0.25, 0.3) is 0 Å². The summed E-state index contributed by atoms with van der Waals surface area (Å²) in [6, 6.07) is 0. The van der Waals surface area contributed by atoms with Crippen LogP contribution in [0.3, 0.4) is 0 Å². The largest absolute Gasteiger partial charge is 0.389 e. The van der Waals surface area contributed by atoms with E-state index in [1.807, 2.05) is 6.08 Å². The van der Waals surface area contributed by atoms with Crippen molar-refractivity contribution in [3.8, 4) is 0 Å². The molecule has 0 amide bonds. The smallest absolute Gasteiger partial charge is 0.186 e. The van der Waals surface area contributed by atoms with E-state index in [2.05, 4.69) is 6.92 Å². The third-order valence-electron chi connectivity index (χ3n) is 8.95. The lowest BCUT2D eigenvalue weighted by molar-refractivity contribution is -0.134. The molecule has 0 aromatic carbocycles. The number of Topliss-reactive ketones (excluding diaryl/α,β-unsaturated/α-hetero) is 1. The van der Waals surface area contributed by atoms with Crippen molar-refractivity contribution >= 4 is 28.4 Å². The summed E-state index contributed by atoms with van der Waals surface area (Å²) in [5.74, 6) is 1.14. The molecule has 0 aromatic rings. The molecule has 0 bridgehead atoms. The molecule has 4 rings (SSSR count). The Hall–Kier alpha value is -0.980. The third kappa shape index (κ3) is 3.34. The summed E-state index contributed by atoms with van der Waals surface area (Å²) in [7, 11) is 1.74. The molecule has 7 atom stereocenters. The Morgan fingerprint density at radius 2 is 2.00 bits per heavy atom. The van der Waals surface area contributed by atoms with Crippen molar-refractivity contribution in [1.82, 2.24) is 0 Å². The van der Waals surface area contributed by atoms with Gasteiger partial charge in [-0.1, -0.05) is 24.3 Å². The molecule has 0 aliphatic heterocycles. The minimum atomic E-state index is -0.380. The van der Waals surface area contributed by atoms with Crippen molar-refractivity contribution in [3.05, 3.63) is 11.6 Å². The van der Waals surface area contributed by atoms with Crippen molar-refractivity contribution in [3.63, 3.8) is 0 Å². The van der Waals surface area contributed by atoms with Crippen LogP contribution in [-0.4, -0.2) is 47.4 Å². The number of ether oxygens (including phenoxy) is 1. The van der Waals surface area contributed by atoms with Gasteiger partial charge in [0.05, 0.1) is 6.61 Å². The van der Waals surface area contributed by atoms with Gasteiger partial charge in [-0.25, -0.2) is 0 Å². The number of ketones is 2. The predicted molar refractivity (Wildman–Crippen MR) is 116 cm³/mol. The Balaban J connectivity index is 1.77. The molecule has 0 unspecified atom stereocenters. The van der Waals surface area contributed by atoms with Gasteiger partial charge >= 0.3 is 0 Å². The number of carbonyl (C=O) groups excluding carboxylic acids is 3. The van der Waals surface area contributed by atoms with Gasteiger partial charge in [0.1, 0.15) is 6.61 Å². The van der Waals surface area contributed by atoms with E-state index in [1.54, 1.807) is 14.0 Å². The maximum atomic E-state index is 12.5. The molecule has 30 heavy (non-hydrogen) atoms. The molecule has 166 valence electrons. The molecular formula is C24H34O5S. The van der Waals surface area contributed by atoms with E-state index in [1.165, 1.54) is 17.3 Å². The lowest BCUT2D eigenvalue weighted by Crippen LogP contribution is -2.57. The molecule has 6 heteroatoms. The average Bonchev–Trinajstić information content (AvgIpc) is 3.05. The van der Waals surface area contributed by atoms with E-state index in [0.29, 0.717) is 30.8 Å². The summed E-state index contributed by atoms with van der Waals surface area (Å²) in [5, 5.41) is 9.80. The van der Waals surface area contributed by atoms with Crippen LogP contribution in [0.4, 0.5) is 0 Å². The van der Waals surface area contributed by atoms with Crippen molar-refractivity contribution in [2.45, 2.75) is 64.0 Å². The zero-order valence-electron chi connectivity index (χ0n) is 18.3. The fourth-order valence-corrected chi connectivity index (χ4v) is 9.04. The lowest BCUT2D eigenvalue weighted by Gasteiger charge is -2.60. The standard InChI is InChI=1S/C24H34O5S/c1-14(26)30-21-11-15-10-16(27)6-9-24(15,13-29-3)19-7-8-23(2)17(20(28)12-25)4-5-18(23)22(19)21/h10,17-19,21-22,25H,4-9,11-13H2,1-3H3/t17-,18+,19+,21-,22+,23-,24-/m1/s1. The summed E-state index contributed by atoms with van der Waals surface area (Å²) in [6.07, 6.45) is 7.75. The van der Waals surface area contributed by atoms with Crippen molar-refractivity contribution < 1.29 is 24.2 Å². The molecule has 4 aliphatic rings. The fraction of sp³-hybridized carbons (Fsp3) is 0.792. The number of thioether (sulfide) groups is 1. The van der Waals surface area contributed by atoms with Crippen molar-refractivity contribution in [2.75, 3.05) is 20.3 Å². The Labute approximate surface area is 183 Å². The monoisotopic (exact) mass is 434 g/mol. The number of fused-ring (bicyclic) bond motifs is 5. The summed E-state index contributed by atoms with van der Waals surface area (Å²) in [4.78, 5) is 37.0. The summed E-state index contributed by atoms with van der Waals surface area (Å²) in [5.41, 5.74) is 0.947. The van der Waals surface area contributed by atoms with Crippen molar-refractivity contribution in [2.24, 2.45) is 34.5 Å². The number of carbonyl (C=O) groups is 3. The molecule has 1 N–H and O–H groups in total. The molecule has 0 radical (unpaired) electrons. The highest BCUT2D eigenvalue weighted by Crippen LogP contribution is 2.68. The third-order valence-corrected chi connectivity index (χ3v) is 10.1. The van der Waals surface area contributed by atoms with E-state index in [-0.39, 0.29) is 45.3 Å². The first-order chi connectivity index (χ1) is 14.3. The van der Waals surface area contributed by atoms with Crippen LogP contribution in [0.1, 0.15) is 58.8 Å². The molecule has 0 aromatic heterocycles. The van der Waals surface area contributed by atoms with Gasteiger partial charge in [-0.2, -0.15) is 0 Å². The molecule has 3 saturated carbocycles. The van der Waals surface area contributed by atoms with Crippen LogP contribution in [0.2, 0.25) is 0 Å². The lowest BCUT2D eigenvalue weighted by atomic mass is 9.46. The summed E-state index contributed by atoms with van der Waals surface area (Å²) < 4.78 is 5.74. The fourth-order valence-electron chi connectivity index (χ4n) is 7.82. The second kappa shape index (κ2) is 8.18. The number of rotatable bonds is 5. The highest BCUT2D eigenvalue weighted by Gasteiger charge is 2.63. The van der Waals surface area contributed by atoms with Crippen LogP contribution in [0.5, 0.6) is 0 Å². The number of hydrogen-bond acceptors (Lipinski definition) is 6. The van der Waals surface area contributed by atoms with Crippen LogP contribution in [0.15, 0.2) is 11.6 Å². The molecule has 4 aliphatic carbocycles. The van der Waals surface area contributed by atoms with E-state index in [0.717, 1.165) is 38.5 Å². The minimum absolute atomic E-state index is 0.0273. The van der Waals surface area contributed by atoms with Crippen LogP contribution in [0, 0.1) is 34.5 Å². The normalized spacial score (nSPS) is 42.7. The van der Waals surface area contributed by atoms with E-state index >= 15 is 0 Å². The molecular weight excluding hydrogens is 400 g/mol. The van der Waals surface area contributed by atoms with Gasteiger partial charge in [-0.05, 0) is 67.8 Å². The first kappa shape index (κ1) is 22.2. The van der Waals surface area contributed by atoms with Gasteiger partial charge in [0.15, 0.2) is 16.7 Å². The Morgan fingerprint density at radius 1 is 1.23 bits per heavy atom. The molecule has 3 fully saturated rings. The van der Waals surface area contributed by atoms with Crippen molar-refractivity contribution in [1.29, 1.82) is 0 Å². The summed E-state index contributed by atoms with van der Waals surface area (Å²) in [6.45, 7) is 4.11. The number of methoxy groups -OCH3 is 1. The maximum absolute atomic E-state index is 12.5. The van der Waals surface area contributed by atoms with Gasteiger partial charge in [-0.3, -0.25) is 14.4 Å². The predicted octanol–water partition coefficient (Wildman–Crippen LogP) is 3.58. The highest BCUT2D eigenvalue weighted by molar-refractivity contribution is 8.14. The Bertz CT molecular complexity index is 776. The van der Waals surface area contributed by atoms with Gasteiger partial charge in [-0.15, -0.1) is 0 Å². The van der Waals surface area contributed by atoms with Gasteiger partial charge < -0.3 is 9.84 Å². The summed E-state index contributed by atoms with van der Waals surface area (Å²) >= 11 is 1.43. The van der Waals surface area contributed by atoms with E-state index < -0.39 is 0 Å². The average molecular weight is 435 g/mol. The second-order valence-corrected chi connectivity index (χ2v) is 11.6. The van der Waals surface area contributed by atoms with Crippen LogP contribution >= 0.6 is 11.8 Å². The minimum Gasteiger partial charge on any atom is -0.389 e. The maximum Gasteiger partial charge on any atom is 0.186 e. The van der Waals surface area contributed by atoms with Crippen LogP contribution < -0.4 is 0 Å². The first-order valence-electron chi connectivity index (χ1n) is 11.3. The zero-order valence-corrected chi connectivity index (χ0v) is 19.1. The number of hydrogen-bond donors (Lipinski definition) is 1. The molecule has 0 heterocycles. The topological polar surface area (TPSA) is 80.7 Å². The number of aliphatic hydroxyl groups is 1. The number of aliphatic hydroxyl groups excluding tert-OH is 1. The molecule has 5 nitrogen and oxygen atoms in total.